The van der Waals surface area contributed by atoms with E-state index in [4.69, 9.17) is 28.3 Å². The number of carbonyl (C=O) groups is 1. The van der Waals surface area contributed by atoms with E-state index in [-0.39, 0.29) is 12.3 Å². The van der Waals surface area contributed by atoms with Crippen molar-refractivity contribution >= 4 is 29.2 Å². The first-order valence-electron chi connectivity index (χ1n) is 4.65. The van der Waals surface area contributed by atoms with Crippen molar-refractivity contribution in [1.29, 1.82) is 0 Å². The van der Waals surface area contributed by atoms with E-state index >= 15 is 0 Å². The SMILES string of the molecule is CC(CC(=O)O)Cc1cccc(Cl)c1Cl. The molecule has 82 valence electrons. The lowest BCUT2D eigenvalue weighted by Crippen LogP contribution is -2.07. The predicted octanol–water partition coefficient (Wildman–Crippen LogP) is 3.65. The van der Waals surface area contributed by atoms with Crippen molar-refractivity contribution in [1.82, 2.24) is 0 Å². The third-order valence-electron chi connectivity index (χ3n) is 2.12. The van der Waals surface area contributed by atoms with Gasteiger partial charge in [0.2, 0.25) is 0 Å². The molecule has 0 aliphatic heterocycles. The number of hydrogen-bond acceptors (Lipinski definition) is 1. The molecule has 1 aromatic carbocycles. The summed E-state index contributed by atoms with van der Waals surface area (Å²) in [6, 6.07) is 5.40. The van der Waals surface area contributed by atoms with Gasteiger partial charge in [-0.25, -0.2) is 0 Å². The molecule has 1 N–H and O–H groups in total. The van der Waals surface area contributed by atoms with E-state index in [1.807, 2.05) is 19.1 Å². The molecule has 0 fully saturated rings. The van der Waals surface area contributed by atoms with Crippen LogP contribution in [0.25, 0.3) is 0 Å². The summed E-state index contributed by atoms with van der Waals surface area (Å²) in [4.78, 5) is 10.5. The summed E-state index contributed by atoms with van der Waals surface area (Å²) in [6.45, 7) is 1.88. The van der Waals surface area contributed by atoms with Gasteiger partial charge in [-0.1, -0.05) is 42.3 Å². The van der Waals surface area contributed by atoms with E-state index in [1.54, 1.807) is 6.07 Å². The van der Waals surface area contributed by atoms with Crippen LogP contribution in [0, 0.1) is 5.92 Å². The standard InChI is InChI=1S/C11H12Cl2O2/c1-7(6-10(14)15)5-8-3-2-4-9(12)11(8)13/h2-4,7H,5-6H2,1H3,(H,14,15). The number of carboxylic acid groups (broad SMARTS) is 1. The first kappa shape index (κ1) is 12.3. The molecule has 0 amide bonds. The van der Waals surface area contributed by atoms with Crippen molar-refractivity contribution in [3.63, 3.8) is 0 Å². The lowest BCUT2D eigenvalue weighted by molar-refractivity contribution is -0.137. The molecule has 2 nitrogen and oxygen atoms in total. The number of carboxylic acids is 1. The quantitative estimate of drug-likeness (QED) is 0.881. The molecule has 1 atom stereocenters. The van der Waals surface area contributed by atoms with Crippen molar-refractivity contribution in [2.75, 3.05) is 0 Å². The van der Waals surface area contributed by atoms with Gasteiger partial charge in [0.25, 0.3) is 0 Å². The molecule has 0 bridgehead atoms. The number of aliphatic carboxylic acids is 1. The molecular formula is C11H12Cl2O2. The van der Waals surface area contributed by atoms with Gasteiger partial charge in [-0.2, -0.15) is 0 Å². The number of halogens is 2. The Morgan fingerprint density at radius 2 is 2.13 bits per heavy atom. The molecule has 4 heteroatoms. The Labute approximate surface area is 98.8 Å². The number of rotatable bonds is 4. The van der Waals surface area contributed by atoms with Crippen LogP contribution in [0.2, 0.25) is 10.0 Å². The fourth-order valence-electron chi connectivity index (χ4n) is 1.45. The maximum absolute atomic E-state index is 10.5. The van der Waals surface area contributed by atoms with Gasteiger partial charge in [0, 0.05) is 6.42 Å². The third kappa shape index (κ3) is 3.73. The Morgan fingerprint density at radius 1 is 1.47 bits per heavy atom. The van der Waals surface area contributed by atoms with Gasteiger partial charge in [0.15, 0.2) is 0 Å². The highest BCUT2D eigenvalue weighted by atomic mass is 35.5. The Morgan fingerprint density at radius 3 is 2.73 bits per heavy atom. The largest absolute Gasteiger partial charge is 0.481 e. The van der Waals surface area contributed by atoms with Gasteiger partial charge in [-0.15, -0.1) is 0 Å². The minimum absolute atomic E-state index is 0.0541. The second-order valence-corrected chi connectivity index (χ2v) is 4.41. The molecule has 0 aromatic heterocycles. The second kappa shape index (κ2) is 5.38. The van der Waals surface area contributed by atoms with E-state index in [9.17, 15) is 4.79 Å². The zero-order valence-electron chi connectivity index (χ0n) is 8.34. The molecule has 0 heterocycles. The van der Waals surface area contributed by atoms with Crippen LogP contribution in [0.15, 0.2) is 18.2 Å². The van der Waals surface area contributed by atoms with Gasteiger partial charge in [0.1, 0.15) is 0 Å². The summed E-state index contributed by atoms with van der Waals surface area (Å²) in [5.41, 5.74) is 0.901. The zero-order valence-corrected chi connectivity index (χ0v) is 9.85. The molecule has 0 aliphatic carbocycles. The van der Waals surface area contributed by atoms with Crippen molar-refractivity contribution in [2.45, 2.75) is 19.8 Å². The highest BCUT2D eigenvalue weighted by Gasteiger charge is 2.11. The van der Waals surface area contributed by atoms with Crippen LogP contribution in [-0.4, -0.2) is 11.1 Å². The van der Waals surface area contributed by atoms with Crippen LogP contribution >= 0.6 is 23.2 Å². The maximum atomic E-state index is 10.5. The van der Waals surface area contributed by atoms with Gasteiger partial charge < -0.3 is 5.11 Å². The van der Waals surface area contributed by atoms with Crippen LogP contribution < -0.4 is 0 Å². The first-order chi connectivity index (χ1) is 7.00. The van der Waals surface area contributed by atoms with Crippen LogP contribution in [0.4, 0.5) is 0 Å². The minimum Gasteiger partial charge on any atom is -0.481 e. The summed E-state index contributed by atoms with van der Waals surface area (Å²) in [6.07, 6.45) is 0.772. The van der Waals surface area contributed by atoms with Gasteiger partial charge in [-0.05, 0) is 24.0 Å². The molecule has 15 heavy (non-hydrogen) atoms. The summed E-state index contributed by atoms with van der Waals surface area (Å²) in [5.74, 6) is -0.737. The minimum atomic E-state index is -0.791. The summed E-state index contributed by atoms with van der Waals surface area (Å²) < 4.78 is 0. The van der Waals surface area contributed by atoms with Crippen molar-refractivity contribution < 1.29 is 9.90 Å². The van der Waals surface area contributed by atoms with E-state index < -0.39 is 5.97 Å². The average Bonchev–Trinajstić information content (AvgIpc) is 2.11. The summed E-state index contributed by atoms with van der Waals surface area (Å²) in [7, 11) is 0. The van der Waals surface area contributed by atoms with Gasteiger partial charge >= 0.3 is 5.97 Å². The highest BCUT2D eigenvalue weighted by Crippen LogP contribution is 2.27. The Bertz CT molecular complexity index is 364. The molecule has 0 saturated heterocycles. The Hall–Kier alpha value is -0.730. The van der Waals surface area contributed by atoms with Gasteiger partial charge in [-0.3, -0.25) is 4.79 Å². The van der Waals surface area contributed by atoms with Crippen LogP contribution in [0.1, 0.15) is 18.9 Å². The predicted molar refractivity (Wildman–Crippen MR) is 61.6 cm³/mol. The first-order valence-corrected chi connectivity index (χ1v) is 5.41. The lowest BCUT2D eigenvalue weighted by Gasteiger charge is -2.10. The van der Waals surface area contributed by atoms with Crippen LogP contribution in [0.5, 0.6) is 0 Å². The summed E-state index contributed by atoms with van der Waals surface area (Å²) in [5, 5.41) is 9.66. The van der Waals surface area contributed by atoms with Crippen LogP contribution in [0.3, 0.4) is 0 Å². The normalized spacial score (nSPS) is 12.5. The molecule has 0 aliphatic rings. The molecule has 0 radical (unpaired) electrons. The number of hydrogen-bond donors (Lipinski definition) is 1. The topological polar surface area (TPSA) is 37.3 Å². The van der Waals surface area contributed by atoms with E-state index in [2.05, 4.69) is 0 Å². The number of benzene rings is 1. The smallest absolute Gasteiger partial charge is 0.303 e. The lowest BCUT2D eigenvalue weighted by atomic mass is 9.98. The zero-order chi connectivity index (χ0) is 11.4. The molecule has 1 unspecified atom stereocenters. The average molecular weight is 247 g/mol. The molecule has 1 aromatic rings. The highest BCUT2D eigenvalue weighted by molar-refractivity contribution is 6.42. The Balaban J connectivity index is 2.72. The molecule has 0 spiro atoms. The molecule has 1 rings (SSSR count). The Kier molecular flexibility index (Phi) is 4.43. The van der Waals surface area contributed by atoms with Crippen molar-refractivity contribution in [2.24, 2.45) is 5.92 Å². The third-order valence-corrected chi connectivity index (χ3v) is 2.98. The second-order valence-electron chi connectivity index (χ2n) is 3.62. The maximum Gasteiger partial charge on any atom is 0.303 e. The summed E-state index contributed by atoms with van der Waals surface area (Å²) >= 11 is 11.8. The van der Waals surface area contributed by atoms with Crippen LogP contribution in [-0.2, 0) is 11.2 Å². The molecular weight excluding hydrogens is 235 g/mol. The van der Waals surface area contributed by atoms with Crippen molar-refractivity contribution in [3.05, 3.63) is 33.8 Å². The van der Waals surface area contributed by atoms with E-state index in [0.29, 0.717) is 16.5 Å². The van der Waals surface area contributed by atoms with Crippen molar-refractivity contribution in [3.8, 4) is 0 Å². The van der Waals surface area contributed by atoms with E-state index in [0.717, 1.165) is 5.56 Å². The monoisotopic (exact) mass is 246 g/mol. The fourth-order valence-corrected chi connectivity index (χ4v) is 1.85. The van der Waals surface area contributed by atoms with E-state index in [1.165, 1.54) is 0 Å². The fraction of sp³-hybridized carbons (Fsp3) is 0.364. The molecule has 0 saturated carbocycles. The van der Waals surface area contributed by atoms with Gasteiger partial charge in [0.05, 0.1) is 10.0 Å².